The number of piperazine rings is 1. The van der Waals surface area contributed by atoms with Crippen LogP contribution >= 0.6 is 11.6 Å². The molecule has 0 spiro atoms. The number of hydrogen-bond donors (Lipinski definition) is 0. The maximum Gasteiger partial charge on any atom is 0.292 e. The Hall–Kier alpha value is -2.91. The van der Waals surface area contributed by atoms with Crippen molar-refractivity contribution in [2.75, 3.05) is 44.2 Å². The molecule has 0 saturated carbocycles. The number of aryl methyl sites for hydroxylation is 1. The molecule has 152 valence electrons. The third kappa shape index (κ3) is 4.25. The topological polar surface area (TPSA) is 89.5 Å². The van der Waals surface area contributed by atoms with E-state index in [1.807, 2.05) is 30.3 Å². The summed E-state index contributed by atoms with van der Waals surface area (Å²) >= 11 is 6.40. The summed E-state index contributed by atoms with van der Waals surface area (Å²) in [7, 11) is 0. The van der Waals surface area contributed by atoms with Gasteiger partial charge in [0.2, 0.25) is 0 Å². The van der Waals surface area contributed by atoms with Gasteiger partial charge in [0, 0.05) is 32.7 Å². The number of benzene rings is 1. The molecule has 3 aromatic rings. The highest BCUT2D eigenvalue weighted by Gasteiger charge is 2.21. The lowest BCUT2D eigenvalue weighted by Crippen LogP contribution is -2.48. The molecule has 2 aromatic heterocycles. The van der Waals surface area contributed by atoms with Gasteiger partial charge in [-0.3, -0.25) is 9.69 Å². The number of aromatic nitrogens is 4. The highest BCUT2D eigenvalue weighted by atomic mass is 35.5. The molecule has 0 atom stereocenters. The minimum absolute atomic E-state index is 0.189. The first-order chi connectivity index (χ1) is 14.1. The monoisotopic (exact) mass is 416 g/mol. The zero-order chi connectivity index (χ0) is 20.2. The van der Waals surface area contributed by atoms with E-state index in [1.54, 1.807) is 13.1 Å². The Balaban J connectivity index is 1.35. The zero-order valence-electron chi connectivity index (χ0n) is 16.0. The Morgan fingerprint density at radius 1 is 1.14 bits per heavy atom. The number of anilines is 1. The second-order valence-electron chi connectivity index (χ2n) is 6.73. The van der Waals surface area contributed by atoms with Crippen molar-refractivity contribution in [2.24, 2.45) is 0 Å². The molecule has 10 heteroatoms. The summed E-state index contributed by atoms with van der Waals surface area (Å²) in [6.45, 7) is 6.22. The van der Waals surface area contributed by atoms with Gasteiger partial charge in [0.1, 0.15) is 17.3 Å². The first kappa shape index (κ1) is 19.4. The molecular formula is C19H21ClN6O3. The maximum atomic E-state index is 12.7. The molecule has 1 fully saturated rings. The molecule has 0 bridgehead atoms. The van der Waals surface area contributed by atoms with Crippen molar-refractivity contribution in [3.05, 3.63) is 57.6 Å². The molecule has 1 aliphatic rings. The summed E-state index contributed by atoms with van der Waals surface area (Å²) in [5.74, 6) is 0.431. The summed E-state index contributed by atoms with van der Waals surface area (Å²) in [4.78, 5) is 17.1. The molecule has 29 heavy (non-hydrogen) atoms. The van der Waals surface area contributed by atoms with Gasteiger partial charge in [-0.05, 0) is 24.2 Å². The average molecular weight is 417 g/mol. The van der Waals surface area contributed by atoms with E-state index in [-0.39, 0.29) is 10.6 Å². The van der Waals surface area contributed by atoms with Crippen LogP contribution < -0.4 is 15.2 Å². The highest BCUT2D eigenvalue weighted by Crippen LogP contribution is 2.23. The lowest BCUT2D eigenvalue weighted by Gasteiger charge is -2.36. The van der Waals surface area contributed by atoms with Gasteiger partial charge >= 0.3 is 0 Å². The summed E-state index contributed by atoms with van der Waals surface area (Å²) in [6, 6.07) is 9.24. The normalized spacial score (nSPS) is 14.9. The van der Waals surface area contributed by atoms with Crippen molar-refractivity contribution in [3.8, 4) is 11.6 Å². The smallest absolute Gasteiger partial charge is 0.292 e. The van der Waals surface area contributed by atoms with Crippen molar-refractivity contribution in [2.45, 2.75) is 6.92 Å². The van der Waals surface area contributed by atoms with Gasteiger partial charge < -0.3 is 9.64 Å². The lowest BCUT2D eigenvalue weighted by molar-refractivity contribution is 0.189. The van der Waals surface area contributed by atoms with Gasteiger partial charge in [0.25, 0.3) is 11.4 Å². The van der Waals surface area contributed by atoms with Crippen LogP contribution in [0.3, 0.4) is 0 Å². The molecule has 0 unspecified atom stereocenters. The van der Waals surface area contributed by atoms with Crippen molar-refractivity contribution in [1.82, 2.24) is 25.0 Å². The standard InChI is InChI=1S/C19H21ClN6O3/c1-14-18(23-29-22-14)28-12-11-24-7-9-25(10-8-24)16-13-21-26(19(27)17(16)20)15-5-3-2-4-6-15/h2-6,13H,7-12H2,1H3. The summed E-state index contributed by atoms with van der Waals surface area (Å²) in [6.07, 6.45) is 1.66. The van der Waals surface area contributed by atoms with E-state index >= 15 is 0 Å². The van der Waals surface area contributed by atoms with E-state index < -0.39 is 0 Å². The van der Waals surface area contributed by atoms with Crippen LogP contribution in [0.2, 0.25) is 5.02 Å². The Morgan fingerprint density at radius 3 is 2.59 bits per heavy atom. The fourth-order valence-corrected chi connectivity index (χ4v) is 3.48. The molecule has 0 radical (unpaired) electrons. The van der Waals surface area contributed by atoms with Gasteiger partial charge in [-0.2, -0.15) is 9.78 Å². The van der Waals surface area contributed by atoms with Crippen LogP contribution in [-0.4, -0.2) is 64.3 Å². The molecule has 3 heterocycles. The van der Waals surface area contributed by atoms with Crippen molar-refractivity contribution >= 4 is 17.3 Å². The number of halogens is 1. The third-order valence-corrected chi connectivity index (χ3v) is 5.23. The minimum atomic E-state index is -0.317. The molecule has 1 aromatic carbocycles. The highest BCUT2D eigenvalue weighted by molar-refractivity contribution is 6.33. The Bertz CT molecular complexity index is 1010. The SMILES string of the molecule is Cc1nonc1OCCN1CCN(c2cnn(-c3ccccc3)c(=O)c2Cl)CC1. The number of para-hydroxylation sites is 1. The van der Waals surface area contributed by atoms with Crippen LogP contribution in [0.15, 0.2) is 46.0 Å². The molecule has 0 N–H and O–H groups in total. The van der Waals surface area contributed by atoms with Crippen LogP contribution in [0.5, 0.6) is 5.88 Å². The molecular weight excluding hydrogens is 396 g/mol. The van der Waals surface area contributed by atoms with Gasteiger partial charge in [0.15, 0.2) is 0 Å². The van der Waals surface area contributed by atoms with Crippen LogP contribution in [-0.2, 0) is 0 Å². The van der Waals surface area contributed by atoms with E-state index in [9.17, 15) is 4.79 Å². The summed E-state index contributed by atoms with van der Waals surface area (Å²) in [5, 5.41) is 11.9. The molecule has 9 nitrogen and oxygen atoms in total. The molecule has 0 amide bonds. The van der Waals surface area contributed by atoms with Crippen molar-refractivity contribution in [3.63, 3.8) is 0 Å². The predicted octanol–water partition coefficient (Wildman–Crippen LogP) is 1.78. The number of ether oxygens (including phenoxy) is 1. The molecule has 4 rings (SSSR count). The molecule has 1 aliphatic heterocycles. The van der Waals surface area contributed by atoms with Crippen molar-refractivity contribution in [1.29, 1.82) is 0 Å². The Kier molecular flexibility index (Phi) is 5.77. The fourth-order valence-electron chi connectivity index (χ4n) is 3.24. The van der Waals surface area contributed by atoms with Gasteiger partial charge in [-0.1, -0.05) is 35.0 Å². The van der Waals surface area contributed by atoms with Gasteiger partial charge in [-0.25, -0.2) is 4.63 Å². The summed E-state index contributed by atoms with van der Waals surface area (Å²) < 4.78 is 11.5. The van der Waals surface area contributed by atoms with E-state index in [2.05, 4.69) is 29.8 Å². The minimum Gasteiger partial charge on any atom is -0.473 e. The Morgan fingerprint density at radius 2 is 1.90 bits per heavy atom. The second-order valence-corrected chi connectivity index (χ2v) is 7.11. The third-order valence-electron chi connectivity index (χ3n) is 4.87. The quantitative estimate of drug-likeness (QED) is 0.600. The number of rotatable bonds is 6. The lowest BCUT2D eigenvalue weighted by atomic mass is 10.2. The first-order valence-electron chi connectivity index (χ1n) is 9.36. The fraction of sp³-hybridized carbons (Fsp3) is 0.368. The zero-order valence-corrected chi connectivity index (χ0v) is 16.7. The van der Waals surface area contributed by atoms with Crippen LogP contribution in [0.4, 0.5) is 5.69 Å². The van der Waals surface area contributed by atoms with Gasteiger partial charge in [0.05, 0.1) is 17.6 Å². The van der Waals surface area contributed by atoms with E-state index in [4.69, 9.17) is 16.3 Å². The van der Waals surface area contributed by atoms with Crippen LogP contribution in [0.25, 0.3) is 5.69 Å². The average Bonchev–Trinajstić information content (AvgIpc) is 3.16. The predicted molar refractivity (Wildman–Crippen MR) is 108 cm³/mol. The van der Waals surface area contributed by atoms with E-state index in [1.165, 1.54) is 4.68 Å². The largest absolute Gasteiger partial charge is 0.473 e. The van der Waals surface area contributed by atoms with E-state index in [0.29, 0.717) is 29.6 Å². The molecule has 1 saturated heterocycles. The number of hydrogen-bond acceptors (Lipinski definition) is 8. The summed E-state index contributed by atoms with van der Waals surface area (Å²) in [5.41, 5.74) is 1.68. The number of nitrogens with zero attached hydrogens (tertiary/aromatic N) is 6. The second kappa shape index (κ2) is 8.62. The van der Waals surface area contributed by atoms with Crippen LogP contribution in [0, 0.1) is 6.92 Å². The molecule has 0 aliphatic carbocycles. The van der Waals surface area contributed by atoms with Gasteiger partial charge in [-0.15, -0.1) is 0 Å². The maximum absolute atomic E-state index is 12.7. The van der Waals surface area contributed by atoms with E-state index in [0.717, 1.165) is 32.7 Å². The van der Waals surface area contributed by atoms with Crippen LogP contribution in [0.1, 0.15) is 5.69 Å². The Labute approximate surface area is 172 Å². The van der Waals surface area contributed by atoms with Crippen molar-refractivity contribution < 1.29 is 9.37 Å². The first-order valence-corrected chi connectivity index (χ1v) is 9.74.